The van der Waals surface area contributed by atoms with E-state index in [0.717, 1.165) is 11.3 Å². The lowest BCUT2D eigenvalue weighted by Gasteiger charge is -2.09. The fourth-order valence-electron chi connectivity index (χ4n) is 1.57. The van der Waals surface area contributed by atoms with Gasteiger partial charge in [0.1, 0.15) is 17.4 Å². The van der Waals surface area contributed by atoms with Crippen molar-refractivity contribution >= 4 is 17.6 Å². The Morgan fingerprint density at radius 3 is 1.94 bits per heavy atom. The SMILES string of the molecule is COc1ccc(-c2c(N)nc(N)nc2N)cc1. The average molecular weight is 231 g/mol. The first-order valence-electron chi connectivity index (χ1n) is 4.94. The van der Waals surface area contributed by atoms with E-state index in [9.17, 15) is 0 Å². The number of methoxy groups -OCH3 is 1. The molecular formula is C11H13N5O. The number of benzene rings is 1. The van der Waals surface area contributed by atoms with Gasteiger partial charge >= 0.3 is 0 Å². The molecule has 0 fully saturated rings. The number of nitrogens with zero attached hydrogens (tertiary/aromatic N) is 2. The molecule has 6 nitrogen and oxygen atoms in total. The fraction of sp³-hybridized carbons (Fsp3) is 0.0909. The zero-order valence-corrected chi connectivity index (χ0v) is 9.34. The van der Waals surface area contributed by atoms with E-state index < -0.39 is 0 Å². The first kappa shape index (κ1) is 11.0. The standard InChI is InChI=1S/C11H13N5O/c1-17-7-4-2-6(3-5-7)8-9(12)15-11(14)16-10(8)13/h2-5H,1H3,(H6,12,13,14,15,16). The number of rotatable bonds is 2. The van der Waals surface area contributed by atoms with Crippen LogP contribution in [-0.4, -0.2) is 17.1 Å². The molecule has 1 aromatic heterocycles. The van der Waals surface area contributed by atoms with Crippen LogP contribution >= 0.6 is 0 Å². The normalized spacial score (nSPS) is 10.2. The Morgan fingerprint density at radius 2 is 1.47 bits per heavy atom. The van der Waals surface area contributed by atoms with Crippen LogP contribution < -0.4 is 21.9 Å². The molecule has 0 bridgehead atoms. The van der Waals surface area contributed by atoms with Gasteiger partial charge < -0.3 is 21.9 Å². The Morgan fingerprint density at radius 1 is 0.941 bits per heavy atom. The summed E-state index contributed by atoms with van der Waals surface area (Å²) in [7, 11) is 1.60. The molecule has 17 heavy (non-hydrogen) atoms. The maximum atomic E-state index is 5.78. The molecule has 0 amide bonds. The van der Waals surface area contributed by atoms with Gasteiger partial charge in [-0.15, -0.1) is 0 Å². The molecule has 1 heterocycles. The van der Waals surface area contributed by atoms with Crippen LogP contribution in [0.15, 0.2) is 24.3 Å². The lowest BCUT2D eigenvalue weighted by atomic mass is 10.1. The highest BCUT2D eigenvalue weighted by molar-refractivity contribution is 5.83. The lowest BCUT2D eigenvalue weighted by Crippen LogP contribution is -2.06. The van der Waals surface area contributed by atoms with Crippen LogP contribution in [0.4, 0.5) is 17.6 Å². The van der Waals surface area contributed by atoms with E-state index in [0.29, 0.717) is 5.56 Å². The molecular weight excluding hydrogens is 218 g/mol. The van der Waals surface area contributed by atoms with E-state index in [2.05, 4.69) is 9.97 Å². The summed E-state index contributed by atoms with van der Waals surface area (Å²) in [6, 6.07) is 7.29. The van der Waals surface area contributed by atoms with Gasteiger partial charge in [-0.1, -0.05) is 12.1 Å². The third-order valence-corrected chi connectivity index (χ3v) is 2.36. The predicted molar refractivity (Wildman–Crippen MR) is 67.3 cm³/mol. The monoisotopic (exact) mass is 231 g/mol. The highest BCUT2D eigenvalue weighted by Crippen LogP contribution is 2.30. The van der Waals surface area contributed by atoms with Crippen LogP contribution in [0.1, 0.15) is 0 Å². The fourth-order valence-corrected chi connectivity index (χ4v) is 1.57. The van der Waals surface area contributed by atoms with E-state index in [1.165, 1.54) is 0 Å². The Balaban J connectivity index is 2.52. The number of nitrogen functional groups attached to an aromatic ring is 3. The molecule has 0 spiro atoms. The van der Waals surface area contributed by atoms with Gasteiger partial charge in [0.15, 0.2) is 0 Å². The van der Waals surface area contributed by atoms with Gasteiger partial charge in [-0.25, -0.2) is 0 Å². The Kier molecular flexibility index (Phi) is 2.70. The summed E-state index contributed by atoms with van der Waals surface area (Å²) in [6.45, 7) is 0. The molecule has 0 saturated carbocycles. The Bertz CT molecular complexity index is 515. The van der Waals surface area contributed by atoms with Crippen LogP contribution in [0.25, 0.3) is 11.1 Å². The second-order valence-corrected chi connectivity index (χ2v) is 3.46. The van der Waals surface area contributed by atoms with Crippen LogP contribution in [0.3, 0.4) is 0 Å². The number of nitrogens with two attached hydrogens (primary N) is 3. The Hall–Kier alpha value is -2.50. The summed E-state index contributed by atoms with van der Waals surface area (Å²) in [6.07, 6.45) is 0. The number of ether oxygens (including phenoxy) is 1. The van der Waals surface area contributed by atoms with Gasteiger partial charge in [-0.05, 0) is 17.7 Å². The van der Waals surface area contributed by atoms with E-state index in [-0.39, 0.29) is 17.6 Å². The first-order chi connectivity index (χ1) is 8.11. The van der Waals surface area contributed by atoms with Crippen LogP contribution in [0, 0.1) is 0 Å². The minimum absolute atomic E-state index is 0.0669. The molecule has 0 atom stereocenters. The lowest BCUT2D eigenvalue weighted by molar-refractivity contribution is 0.415. The van der Waals surface area contributed by atoms with Crippen molar-refractivity contribution in [1.82, 2.24) is 9.97 Å². The Labute approximate surface area is 98.4 Å². The van der Waals surface area contributed by atoms with Crippen molar-refractivity contribution in [2.45, 2.75) is 0 Å². The zero-order chi connectivity index (χ0) is 12.4. The van der Waals surface area contributed by atoms with Crippen LogP contribution in [-0.2, 0) is 0 Å². The molecule has 0 aliphatic heterocycles. The van der Waals surface area contributed by atoms with Crippen LogP contribution in [0.2, 0.25) is 0 Å². The number of hydrogen-bond donors (Lipinski definition) is 3. The minimum Gasteiger partial charge on any atom is -0.497 e. The summed E-state index contributed by atoms with van der Waals surface area (Å²) >= 11 is 0. The number of hydrogen-bond acceptors (Lipinski definition) is 6. The van der Waals surface area contributed by atoms with Gasteiger partial charge in [0.25, 0.3) is 0 Å². The number of aromatic nitrogens is 2. The molecule has 0 radical (unpaired) electrons. The molecule has 2 rings (SSSR count). The smallest absolute Gasteiger partial charge is 0.223 e. The van der Waals surface area contributed by atoms with Crippen molar-refractivity contribution in [3.8, 4) is 16.9 Å². The van der Waals surface area contributed by atoms with Gasteiger partial charge in [-0.2, -0.15) is 9.97 Å². The van der Waals surface area contributed by atoms with Crippen molar-refractivity contribution in [2.24, 2.45) is 0 Å². The van der Waals surface area contributed by atoms with Gasteiger partial charge in [0.2, 0.25) is 5.95 Å². The van der Waals surface area contributed by atoms with Gasteiger partial charge in [0, 0.05) is 0 Å². The van der Waals surface area contributed by atoms with Crippen LogP contribution in [0.5, 0.6) is 5.75 Å². The molecule has 0 aliphatic rings. The topological polar surface area (TPSA) is 113 Å². The average Bonchev–Trinajstić information content (AvgIpc) is 2.28. The molecule has 0 unspecified atom stereocenters. The molecule has 6 N–H and O–H groups in total. The molecule has 2 aromatic rings. The van der Waals surface area contributed by atoms with Crippen molar-refractivity contribution in [3.63, 3.8) is 0 Å². The zero-order valence-electron chi connectivity index (χ0n) is 9.34. The quantitative estimate of drug-likeness (QED) is 0.707. The maximum Gasteiger partial charge on any atom is 0.223 e. The number of anilines is 3. The highest BCUT2D eigenvalue weighted by atomic mass is 16.5. The minimum atomic E-state index is 0.0669. The summed E-state index contributed by atoms with van der Waals surface area (Å²) < 4.78 is 5.07. The van der Waals surface area contributed by atoms with Crippen molar-refractivity contribution in [1.29, 1.82) is 0 Å². The second-order valence-electron chi connectivity index (χ2n) is 3.46. The third-order valence-electron chi connectivity index (χ3n) is 2.36. The second kappa shape index (κ2) is 4.17. The summed E-state index contributed by atoms with van der Waals surface area (Å²) in [5.74, 6) is 1.35. The summed E-state index contributed by atoms with van der Waals surface area (Å²) in [5, 5.41) is 0. The molecule has 6 heteroatoms. The van der Waals surface area contributed by atoms with E-state index in [4.69, 9.17) is 21.9 Å². The summed E-state index contributed by atoms with van der Waals surface area (Å²) in [4.78, 5) is 7.77. The third kappa shape index (κ3) is 2.05. The molecule has 88 valence electrons. The van der Waals surface area contributed by atoms with E-state index >= 15 is 0 Å². The van der Waals surface area contributed by atoms with Crippen molar-refractivity contribution < 1.29 is 4.74 Å². The van der Waals surface area contributed by atoms with Gasteiger partial charge in [0.05, 0.1) is 12.7 Å². The van der Waals surface area contributed by atoms with Crippen molar-refractivity contribution in [2.75, 3.05) is 24.3 Å². The maximum absolute atomic E-state index is 5.78. The molecule has 0 saturated heterocycles. The molecule has 1 aromatic carbocycles. The predicted octanol–water partition coefficient (Wildman–Crippen LogP) is 0.899. The van der Waals surface area contributed by atoms with Gasteiger partial charge in [-0.3, -0.25) is 0 Å². The van der Waals surface area contributed by atoms with Crippen molar-refractivity contribution in [3.05, 3.63) is 24.3 Å². The first-order valence-corrected chi connectivity index (χ1v) is 4.94. The largest absolute Gasteiger partial charge is 0.497 e. The molecule has 0 aliphatic carbocycles. The van der Waals surface area contributed by atoms with E-state index in [1.54, 1.807) is 7.11 Å². The highest BCUT2D eigenvalue weighted by Gasteiger charge is 2.11. The van der Waals surface area contributed by atoms with E-state index in [1.807, 2.05) is 24.3 Å². The summed E-state index contributed by atoms with van der Waals surface area (Å²) in [5.41, 5.74) is 18.4.